The molecule has 0 radical (unpaired) electrons. The van der Waals surface area contributed by atoms with Gasteiger partial charge in [-0.3, -0.25) is 0 Å². The van der Waals surface area contributed by atoms with Crippen LogP contribution in [0.2, 0.25) is 0 Å². The fourth-order valence-electron chi connectivity index (χ4n) is 2.93. The molecule has 0 saturated carbocycles. The molecule has 2 N–H and O–H groups in total. The number of hydrogen-bond acceptors (Lipinski definition) is 3. The Kier molecular flexibility index (Phi) is 4.62. The van der Waals surface area contributed by atoms with E-state index in [1.165, 1.54) is 38.8 Å². The lowest BCUT2D eigenvalue weighted by atomic mass is 9.98. The van der Waals surface area contributed by atoms with Crippen molar-refractivity contribution in [3.63, 3.8) is 0 Å². The summed E-state index contributed by atoms with van der Waals surface area (Å²) >= 11 is 0. The minimum atomic E-state index is 0.428. The van der Waals surface area contributed by atoms with E-state index in [4.69, 9.17) is 10.5 Å². The molecule has 0 spiro atoms. The minimum Gasteiger partial charge on any atom is -0.378 e. The van der Waals surface area contributed by atoms with Gasteiger partial charge in [-0.15, -0.1) is 0 Å². The van der Waals surface area contributed by atoms with E-state index in [-0.39, 0.29) is 0 Å². The van der Waals surface area contributed by atoms with Gasteiger partial charge in [-0.2, -0.15) is 0 Å². The van der Waals surface area contributed by atoms with E-state index < -0.39 is 0 Å². The van der Waals surface area contributed by atoms with Crippen LogP contribution in [-0.4, -0.2) is 42.8 Å². The Balaban J connectivity index is 1.68. The maximum absolute atomic E-state index is 5.97. The van der Waals surface area contributed by atoms with Crippen molar-refractivity contribution < 1.29 is 4.74 Å². The van der Waals surface area contributed by atoms with E-state index >= 15 is 0 Å². The summed E-state index contributed by atoms with van der Waals surface area (Å²) in [5.74, 6) is 0. The van der Waals surface area contributed by atoms with Crippen LogP contribution in [0.15, 0.2) is 0 Å². The smallest absolute Gasteiger partial charge is 0.0587 e. The largest absolute Gasteiger partial charge is 0.378 e. The number of rotatable bonds is 3. The van der Waals surface area contributed by atoms with Gasteiger partial charge >= 0.3 is 0 Å². The highest BCUT2D eigenvalue weighted by atomic mass is 16.5. The van der Waals surface area contributed by atoms with Crippen LogP contribution >= 0.6 is 0 Å². The van der Waals surface area contributed by atoms with Crippen molar-refractivity contribution in [1.82, 2.24) is 4.90 Å². The standard InChI is InChI=1S/C13H26N2O/c1-11-10-12(14)5-7-15(11)8-6-13-4-2-3-9-16-13/h11-13H,2-10,14H2,1H3. The van der Waals surface area contributed by atoms with Gasteiger partial charge in [-0.05, 0) is 52.0 Å². The summed E-state index contributed by atoms with van der Waals surface area (Å²) < 4.78 is 5.77. The topological polar surface area (TPSA) is 38.5 Å². The summed E-state index contributed by atoms with van der Waals surface area (Å²) in [6, 6.07) is 1.09. The maximum Gasteiger partial charge on any atom is 0.0587 e. The molecule has 2 saturated heterocycles. The summed E-state index contributed by atoms with van der Waals surface area (Å²) in [5.41, 5.74) is 5.97. The first-order valence-corrected chi connectivity index (χ1v) is 6.87. The molecule has 3 atom stereocenters. The highest BCUT2D eigenvalue weighted by Gasteiger charge is 2.24. The van der Waals surface area contributed by atoms with Crippen molar-refractivity contribution in [1.29, 1.82) is 0 Å². The molecule has 0 aromatic rings. The van der Waals surface area contributed by atoms with Gasteiger partial charge in [0.1, 0.15) is 0 Å². The van der Waals surface area contributed by atoms with E-state index in [1.807, 2.05) is 0 Å². The molecule has 94 valence electrons. The highest BCUT2D eigenvalue weighted by molar-refractivity contribution is 4.81. The van der Waals surface area contributed by atoms with Crippen LogP contribution in [0.3, 0.4) is 0 Å². The third-order valence-corrected chi connectivity index (χ3v) is 4.07. The Bertz CT molecular complexity index is 204. The number of nitrogens with zero attached hydrogens (tertiary/aromatic N) is 1. The third-order valence-electron chi connectivity index (χ3n) is 4.07. The predicted molar refractivity (Wildman–Crippen MR) is 66.5 cm³/mol. The molecule has 2 aliphatic heterocycles. The fraction of sp³-hybridized carbons (Fsp3) is 1.00. The molecule has 2 rings (SSSR count). The van der Waals surface area contributed by atoms with E-state index in [2.05, 4.69) is 11.8 Å². The molecule has 0 aromatic heterocycles. The molecule has 0 bridgehead atoms. The Morgan fingerprint density at radius 3 is 2.88 bits per heavy atom. The first-order valence-electron chi connectivity index (χ1n) is 6.87. The minimum absolute atomic E-state index is 0.428. The quantitative estimate of drug-likeness (QED) is 0.797. The van der Waals surface area contributed by atoms with Gasteiger partial charge in [0.05, 0.1) is 6.10 Å². The molecule has 3 nitrogen and oxygen atoms in total. The Morgan fingerprint density at radius 2 is 2.19 bits per heavy atom. The SMILES string of the molecule is CC1CC(N)CCN1CCC1CCCCO1. The van der Waals surface area contributed by atoms with Crippen LogP contribution in [0.25, 0.3) is 0 Å². The monoisotopic (exact) mass is 226 g/mol. The Morgan fingerprint density at radius 1 is 1.31 bits per heavy atom. The zero-order chi connectivity index (χ0) is 11.4. The molecule has 3 unspecified atom stereocenters. The van der Waals surface area contributed by atoms with Gasteiger partial charge in [0, 0.05) is 25.2 Å². The van der Waals surface area contributed by atoms with Crippen LogP contribution in [0, 0.1) is 0 Å². The molecule has 16 heavy (non-hydrogen) atoms. The van der Waals surface area contributed by atoms with Crippen molar-refractivity contribution in [3.05, 3.63) is 0 Å². The van der Waals surface area contributed by atoms with E-state index in [0.717, 1.165) is 19.4 Å². The average Bonchev–Trinajstić information content (AvgIpc) is 2.29. The maximum atomic E-state index is 5.97. The number of hydrogen-bond donors (Lipinski definition) is 1. The molecule has 0 aliphatic carbocycles. The molecule has 2 fully saturated rings. The predicted octanol–water partition coefficient (Wildman–Crippen LogP) is 1.76. The Hall–Kier alpha value is -0.120. The molecule has 2 aliphatic rings. The van der Waals surface area contributed by atoms with Crippen LogP contribution < -0.4 is 5.73 Å². The second-order valence-electron chi connectivity index (χ2n) is 5.45. The van der Waals surface area contributed by atoms with Gasteiger partial charge in [0.25, 0.3) is 0 Å². The van der Waals surface area contributed by atoms with Crippen molar-refractivity contribution in [2.24, 2.45) is 5.73 Å². The lowest BCUT2D eigenvalue weighted by Gasteiger charge is -2.37. The zero-order valence-corrected chi connectivity index (χ0v) is 10.5. The molecule has 2 heterocycles. The van der Waals surface area contributed by atoms with Gasteiger partial charge in [0.2, 0.25) is 0 Å². The molecule has 3 heteroatoms. The average molecular weight is 226 g/mol. The first-order chi connectivity index (χ1) is 7.75. The number of ether oxygens (including phenoxy) is 1. The van der Waals surface area contributed by atoms with E-state index in [0.29, 0.717) is 18.2 Å². The van der Waals surface area contributed by atoms with Gasteiger partial charge < -0.3 is 15.4 Å². The second-order valence-corrected chi connectivity index (χ2v) is 5.45. The normalized spacial score (nSPS) is 37.5. The zero-order valence-electron chi connectivity index (χ0n) is 10.5. The molecule has 0 amide bonds. The van der Waals surface area contributed by atoms with Crippen LogP contribution in [0.5, 0.6) is 0 Å². The van der Waals surface area contributed by atoms with Crippen molar-refractivity contribution in [3.8, 4) is 0 Å². The van der Waals surface area contributed by atoms with Gasteiger partial charge in [-0.25, -0.2) is 0 Å². The van der Waals surface area contributed by atoms with Crippen molar-refractivity contribution in [2.75, 3.05) is 19.7 Å². The van der Waals surface area contributed by atoms with Gasteiger partial charge in [0.15, 0.2) is 0 Å². The lowest BCUT2D eigenvalue weighted by molar-refractivity contribution is 0.00100. The number of piperidine rings is 1. The summed E-state index contributed by atoms with van der Waals surface area (Å²) in [6.45, 7) is 5.65. The van der Waals surface area contributed by atoms with Gasteiger partial charge in [-0.1, -0.05) is 0 Å². The second kappa shape index (κ2) is 5.99. The molecular weight excluding hydrogens is 200 g/mol. The summed E-state index contributed by atoms with van der Waals surface area (Å²) in [6.07, 6.45) is 7.93. The third kappa shape index (κ3) is 3.44. The van der Waals surface area contributed by atoms with E-state index in [9.17, 15) is 0 Å². The number of nitrogens with two attached hydrogens (primary N) is 1. The van der Waals surface area contributed by atoms with E-state index in [1.54, 1.807) is 0 Å². The lowest BCUT2D eigenvalue weighted by Crippen LogP contribution is -2.46. The molecule has 0 aromatic carbocycles. The van der Waals surface area contributed by atoms with Crippen LogP contribution in [0.1, 0.15) is 45.4 Å². The van der Waals surface area contributed by atoms with Crippen LogP contribution in [0.4, 0.5) is 0 Å². The van der Waals surface area contributed by atoms with Crippen LogP contribution in [-0.2, 0) is 4.74 Å². The van der Waals surface area contributed by atoms with Crippen molar-refractivity contribution in [2.45, 2.75) is 63.6 Å². The highest BCUT2D eigenvalue weighted by Crippen LogP contribution is 2.20. The van der Waals surface area contributed by atoms with Crippen molar-refractivity contribution >= 4 is 0 Å². The first kappa shape index (κ1) is 12.3. The summed E-state index contributed by atoms with van der Waals surface area (Å²) in [4.78, 5) is 2.58. The molecular formula is C13H26N2O. The Labute approximate surface area is 99.3 Å². The fourth-order valence-corrected chi connectivity index (χ4v) is 2.93. The number of likely N-dealkylation sites (tertiary alicyclic amines) is 1. The summed E-state index contributed by atoms with van der Waals surface area (Å²) in [5, 5.41) is 0. The summed E-state index contributed by atoms with van der Waals surface area (Å²) in [7, 11) is 0.